The lowest BCUT2D eigenvalue weighted by atomic mass is 10.4. The minimum atomic E-state index is -1.06. The molecule has 1 N–H and O–H groups in total. The van der Waals surface area contributed by atoms with Crippen LogP contribution in [0, 0.1) is 0 Å². The summed E-state index contributed by atoms with van der Waals surface area (Å²) in [5.74, 6) is -0.353. The molecule has 1 aliphatic heterocycles. The van der Waals surface area contributed by atoms with Crippen molar-refractivity contribution in [3.05, 3.63) is 18.1 Å². The van der Waals surface area contributed by atoms with E-state index in [1.54, 1.807) is 0 Å². The second-order valence-corrected chi connectivity index (χ2v) is 3.52. The zero-order chi connectivity index (χ0) is 11.4. The molecule has 16 heavy (non-hydrogen) atoms. The van der Waals surface area contributed by atoms with Crippen LogP contribution in [-0.2, 0) is 4.74 Å². The summed E-state index contributed by atoms with van der Waals surface area (Å²) in [5, 5.41) is 8.69. The van der Waals surface area contributed by atoms with Crippen LogP contribution >= 0.6 is 0 Å². The molecule has 1 aliphatic rings. The van der Waals surface area contributed by atoms with Gasteiger partial charge in [-0.2, -0.15) is 0 Å². The van der Waals surface area contributed by atoms with Gasteiger partial charge in [-0.3, -0.25) is 0 Å². The van der Waals surface area contributed by atoms with Crippen molar-refractivity contribution in [3.8, 4) is 0 Å². The smallest absolute Gasteiger partial charge is 0.356 e. The zero-order valence-electron chi connectivity index (χ0n) is 8.80. The van der Waals surface area contributed by atoms with Crippen molar-refractivity contribution in [1.82, 2.24) is 9.97 Å². The summed E-state index contributed by atoms with van der Waals surface area (Å²) >= 11 is 0. The van der Waals surface area contributed by atoms with E-state index in [4.69, 9.17) is 9.84 Å². The Morgan fingerprint density at radius 2 is 2.19 bits per heavy atom. The SMILES string of the molecule is O=C(O)c1cnc(N2CCCOCC2)cn1. The van der Waals surface area contributed by atoms with Gasteiger partial charge in [0.25, 0.3) is 0 Å². The third-order valence-corrected chi connectivity index (χ3v) is 2.40. The monoisotopic (exact) mass is 223 g/mol. The van der Waals surface area contributed by atoms with Gasteiger partial charge in [-0.05, 0) is 6.42 Å². The standard InChI is InChI=1S/C10H13N3O3/c14-10(15)8-6-12-9(7-11-8)13-2-1-4-16-5-3-13/h6-7H,1-5H2,(H,14,15). The first kappa shape index (κ1) is 10.8. The molecule has 6 heteroatoms. The van der Waals surface area contributed by atoms with E-state index >= 15 is 0 Å². The molecule has 0 radical (unpaired) electrons. The molecule has 0 bridgehead atoms. The summed E-state index contributed by atoms with van der Waals surface area (Å²) in [6.07, 6.45) is 3.72. The minimum Gasteiger partial charge on any atom is -0.476 e. The highest BCUT2D eigenvalue weighted by Gasteiger charge is 2.12. The maximum Gasteiger partial charge on any atom is 0.356 e. The number of hydrogen-bond acceptors (Lipinski definition) is 5. The van der Waals surface area contributed by atoms with E-state index in [2.05, 4.69) is 9.97 Å². The fourth-order valence-corrected chi connectivity index (χ4v) is 1.57. The quantitative estimate of drug-likeness (QED) is 0.782. The van der Waals surface area contributed by atoms with Gasteiger partial charge in [0.2, 0.25) is 0 Å². The fourth-order valence-electron chi connectivity index (χ4n) is 1.57. The van der Waals surface area contributed by atoms with Gasteiger partial charge in [-0.1, -0.05) is 0 Å². The third kappa shape index (κ3) is 2.46. The van der Waals surface area contributed by atoms with E-state index < -0.39 is 5.97 Å². The molecule has 0 aliphatic carbocycles. The fraction of sp³-hybridized carbons (Fsp3) is 0.500. The van der Waals surface area contributed by atoms with E-state index in [0.717, 1.165) is 26.1 Å². The summed E-state index contributed by atoms with van der Waals surface area (Å²) in [5.41, 5.74) is -0.0326. The molecule has 2 rings (SSSR count). The number of hydrogen-bond donors (Lipinski definition) is 1. The molecule has 2 heterocycles. The first-order chi connectivity index (χ1) is 7.77. The third-order valence-electron chi connectivity index (χ3n) is 2.40. The van der Waals surface area contributed by atoms with Crippen molar-refractivity contribution in [2.24, 2.45) is 0 Å². The molecule has 86 valence electrons. The van der Waals surface area contributed by atoms with Crippen LogP contribution in [-0.4, -0.2) is 47.3 Å². The Labute approximate surface area is 92.9 Å². The van der Waals surface area contributed by atoms with E-state index in [1.807, 2.05) is 4.90 Å². The molecule has 0 aromatic carbocycles. The second kappa shape index (κ2) is 4.89. The maximum absolute atomic E-state index is 10.6. The van der Waals surface area contributed by atoms with Crippen molar-refractivity contribution < 1.29 is 14.6 Å². The Bertz CT molecular complexity index is 358. The number of carbonyl (C=O) groups is 1. The van der Waals surface area contributed by atoms with Crippen LogP contribution in [0.5, 0.6) is 0 Å². The van der Waals surface area contributed by atoms with E-state index in [-0.39, 0.29) is 5.69 Å². The molecule has 1 fully saturated rings. The summed E-state index contributed by atoms with van der Waals surface area (Å²) < 4.78 is 5.32. The van der Waals surface area contributed by atoms with Crippen molar-refractivity contribution in [1.29, 1.82) is 0 Å². The first-order valence-corrected chi connectivity index (χ1v) is 5.15. The second-order valence-electron chi connectivity index (χ2n) is 3.52. The van der Waals surface area contributed by atoms with Crippen LogP contribution in [0.3, 0.4) is 0 Å². The van der Waals surface area contributed by atoms with Crippen LogP contribution in [0.1, 0.15) is 16.9 Å². The molecule has 1 aromatic rings. The highest BCUT2D eigenvalue weighted by atomic mass is 16.5. The summed E-state index contributed by atoms with van der Waals surface area (Å²) in [7, 11) is 0. The van der Waals surface area contributed by atoms with Crippen molar-refractivity contribution >= 4 is 11.8 Å². The van der Waals surface area contributed by atoms with Gasteiger partial charge in [0.15, 0.2) is 5.69 Å². The number of carboxylic acid groups (broad SMARTS) is 1. The van der Waals surface area contributed by atoms with Crippen LogP contribution in [0.15, 0.2) is 12.4 Å². The Morgan fingerprint density at radius 3 is 2.88 bits per heavy atom. The topological polar surface area (TPSA) is 75.5 Å². The van der Waals surface area contributed by atoms with Gasteiger partial charge >= 0.3 is 5.97 Å². The molecule has 0 unspecified atom stereocenters. The molecule has 0 saturated carbocycles. The number of rotatable bonds is 2. The molecular weight excluding hydrogens is 210 g/mol. The van der Waals surface area contributed by atoms with Crippen LogP contribution in [0.25, 0.3) is 0 Å². The van der Waals surface area contributed by atoms with Gasteiger partial charge in [-0.25, -0.2) is 14.8 Å². The molecule has 1 saturated heterocycles. The highest BCUT2D eigenvalue weighted by Crippen LogP contribution is 2.11. The molecule has 0 amide bonds. The molecule has 6 nitrogen and oxygen atoms in total. The molecule has 1 aromatic heterocycles. The Hall–Kier alpha value is -1.69. The van der Waals surface area contributed by atoms with Crippen LogP contribution in [0.2, 0.25) is 0 Å². The Kier molecular flexibility index (Phi) is 3.31. The number of nitrogens with zero attached hydrogens (tertiary/aromatic N) is 3. The minimum absolute atomic E-state index is 0.0326. The van der Waals surface area contributed by atoms with Crippen molar-refractivity contribution in [3.63, 3.8) is 0 Å². The number of aromatic carboxylic acids is 1. The number of anilines is 1. The summed E-state index contributed by atoms with van der Waals surface area (Å²) in [4.78, 5) is 20.6. The lowest BCUT2D eigenvalue weighted by Crippen LogP contribution is -2.27. The number of carboxylic acids is 1. The number of ether oxygens (including phenoxy) is 1. The van der Waals surface area contributed by atoms with Gasteiger partial charge in [-0.15, -0.1) is 0 Å². The van der Waals surface area contributed by atoms with Crippen molar-refractivity contribution in [2.75, 3.05) is 31.2 Å². The van der Waals surface area contributed by atoms with Crippen LogP contribution < -0.4 is 4.90 Å². The molecule has 0 spiro atoms. The average molecular weight is 223 g/mol. The lowest BCUT2D eigenvalue weighted by molar-refractivity contribution is 0.0690. The predicted octanol–water partition coefficient (Wildman–Crippen LogP) is 0.401. The maximum atomic E-state index is 10.6. The highest BCUT2D eigenvalue weighted by molar-refractivity contribution is 5.84. The first-order valence-electron chi connectivity index (χ1n) is 5.15. The summed E-state index contributed by atoms with van der Waals surface area (Å²) in [6.45, 7) is 3.06. The van der Waals surface area contributed by atoms with E-state index in [9.17, 15) is 4.79 Å². The van der Waals surface area contributed by atoms with Gasteiger partial charge in [0, 0.05) is 19.7 Å². The van der Waals surface area contributed by atoms with E-state index in [1.165, 1.54) is 12.4 Å². The van der Waals surface area contributed by atoms with Gasteiger partial charge < -0.3 is 14.7 Å². The normalized spacial score (nSPS) is 16.9. The molecular formula is C10H13N3O3. The lowest BCUT2D eigenvalue weighted by Gasteiger charge is -2.19. The summed E-state index contributed by atoms with van der Waals surface area (Å²) in [6, 6.07) is 0. The van der Waals surface area contributed by atoms with E-state index in [0.29, 0.717) is 12.4 Å². The van der Waals surface area contributed by atoms with Gasteiger partial charge in [0.05, 0.1) is 19.0 Å². The zero-order valence-corrected chi connectivity index (χ0v) is 8.80. The van der Waals surface area contributed by atoms with Gasteiger partial charge in [0.1, 0.15) is 5.82 Å². The Morgan fingerprint density at radius 1 is 1.31 bits per heavy atom. The Balaban J connectivity index is 2.10. The van der Waals surface area contributed by atoms with Crippen molar-refractivity contribution in [2.45, 2.75) is 6.42 Å². The predicted molar refractivity (Wildman–Crippen MR) is 56.6 cm³/mol. The largest absolute Gasteiger partial charge is 0.476 e. The molecule has 0 atom stereocenters. The van der Waals surface area contributed by atoms with Crippen LogP contribution in [0.4, 0.5) is 5.82 Å². The average Bonchev–Trinajstić information content (AvgIpc) is 2.57. The number of aromatic nitrogens is 2.